The van der Waals surface area contributed by atoms with Crippen molar-refractivity contribution in [3.05, 3.63) is 51.2 Å². The van der Waals surface area contributed by atoms with Gasteiger partial charge in [0.2, 0.25) is 0 Å². The maximum atomic E-state index is 12.2. The van der Waals surface area contributed by atoms with E-state index in [2.05, 4.69) is 10.3 Å². The Morgan fingerprint density at radius 2 is 2.05 bits per heavy atom. The van der Waals surface area contributed by atoms with E-state index in [9.17, 15) is 4.79 Å². The molecular weight excluding hydrogens is 335 g/mol. The van der Waals surface area contributed by atoms with E-state index in [-0.39, 0.29) is 21.6 Å². The number of aromatic nitrogens is 1. The summed E-state index contributed by atoms with van der Waals surface area (Å²) in [5, 5.41) is 3.55. The SMILES string of the molecule is CCOc1ccc(Cl)cc1NC(=O)c1cnc(Cl)c(Cl)c1. The maximum absolute atomic E-state index is 12.2. The summed E-state index contributed by atoms with van der Waals surface area (Å²) in [6.07, 6.45) is 1.34. The minimum atomic E-state index is -0.385. The lowest BCUT2D eigenvalue weighted by Crippen LogP contribution is -2.13. The summed E-state index contributed by atoms with van der Waals surface area (Å²) >= 11 is 17.5. The van der Waals surface area contributed by atoms with Crippen molar-refractivity contribution < 1.29 is 9.53 Å². The molecule has 0 fully saturated rings. The summed E-state index contributed by atoms with van der Waals surface area (Å²) in [6, 6.07) is 6.42. The monoisotopic (exact) mass is 344 g/mol. The Balaban J connectivity index is 2.26. The van der Waals surface area contributed by atoms with Crippen LogP contribution < -0.4 is 10.1 Å². The Labute approximate surface area is 137 Å². The van der Waals surface area contributed by atoms with Crippen molar-refractivity contribution >= 4 is 46.4 Å². The number of carbonyl (C=O) groups excluding carboxylic acids is 1. The molecule has 0 unspecified atom stereocenters. The molecule has 0 radical (unpaired) electrons. The van der Waals surface area contributed by atoms with Crippen molar-refractivity contribution in [1.29, 1.82) is 0 Å². The number of rotatable bonds is 4. The Kier molecular flexibility index (Phi) is 5.28. The molecule has 1 aromatic carbocycles. The first-order valence-electron chi connectivity index (χ1n) is 6.06. The van der Waals surface area contributed by atoms with Crippen LogP contribution in [0.3, 0.4) is 0 Å². The summed E-state index contributed by atoms with van der Waals surface area (Å²) in [5.41, 5.74) is 0.757. The topological polar surface area (TPSA) is 51.2 Å². The fourth-order valence-electron chi connectivity index (χ4n) is 1.62. The third kappa shape index (κ3) is 4.00. The Bertz CT molecular complexity index is 677. The minimum Gasteiger partial charge on any atom is -0.492 e. The van der Waals surface area contributed by atoms with Crippen LogP contribution in [0.4, 0.5) is 5.69 Å². The van der Waals surface area contributed by atoms with Crippen molar-refractivity contribution in [3.8, 4) is 5.75 Å². The first-order valence-corrected chi connectivity index (χ1v) is 7.19. The van der Waals surface area contributed by atoms with Gasteiger partial charge in [0.05, 0.1) is 22.9 Å². The van der Waals surface area contributed by atoms with Crippen molar-refractivity contribution in [3.63, 3.8) is 0 Å². The molecule has 0 atom stereocenters. The molecule has 1 amide bonds. The smallest absolute Gasteiger partial charge is 0.257 e. The number of ether oxygens (including phenoxy) is 1. The summed E-state index contributed by atoms with van der Waals surface area (Å²) in [6.45, 7) is 2.32. The van der Waals surface area contributed by atoms with Gasteiger partial charge in [-0.2, -0.15) is 0 Å². The number of pyridine rings is 1. The molecule has 1 heterocycles. The second kappa shape index (κ2) is 6.98. The number of amides is 1. The summed E-state index contributed by atoms with van der Waals surface area (Å²) in [4.78, 5) is 16.0. The molecule has 0 aliphatic heterocycles. The molecule has 0 aliphatic rings. The lowest BCUT2D eigenvalue weighted by atomic mass is 10.2. The quantitative estimate of drug-likeness (QED) is 0.818. The van der Waals surface area contributed by atoms with Crippen LogP contribution >= 0.6 is 34.8 Å². The van der Waals surface area contributed by atoms with Crippen LogP contribution in [0, 0.1) is 0 Å². The van der Waals surface area contributed by atoms with Crippen molar-refractivity contribution in [2.45, 2.75) is 6.92 Å². The number of hydrogen-bond acceptors (Lipinski definition) is 3. The lowest BCUT2D eigenvalue weighted by molar-refractivity contribution is 0.102. The van der Waals surface area contributed by atoms with Crippen LogP contribution in [0.5, 0.6) is 5.75 Å². The van der Waals surface area contributed by atoms with E-state index in [1.807, 2.05) is 6.92 Å². The first kappa shape index (κ1) is 15.9. The molecule has 0 aliphatic carbocycles. The van der Waals surface area contributed by atoms with Crippen molar-refractivity contribution in [2.75, 3.05) is 11.9 Å². The number of hydrogen-bond donors (Lipinski definition) is 1. The van der Waals surface area contributed by atoms with E-state index >= 15 is 0 Å². The van der Waals surface area contributed by atoms with Crippen molar-refractivity contribution in [2.24, 2.45) is 0 Å². The van der Waals surface area contributed by atoms with Gasteiger partial charge in [0.1, 0.15) is 10.9 Å². The molecule has 7 heteroatoms. The normalized spacial score (nSPS) is 10.3. The third-order valence-electron chi connectivity index (χ3n) is 2.55. The van der Waals surface area contributed by atoms with Crippen LogP contribution in [0.25, 0.3) is 0 Å². The molecule has 2 rings (SSSR count). The fourth-order valence-corrected chi connectivity index (χ4v) is 2.06. The van der Waals surface area contributed by atoms with Crippen LogP contribution in [0.2, 0.25) is 15.2 Å². The predicted octanol–water partition coefficient (Wildman–Crippen LogP) is 4.69. The van der Waals surface area contributed by atoms with Gasteiger partial charge in [0.15, 0.2) is 0 Å². The average Bonchev–Trinajstić information content (AvgIpc) is 2.45. The van der Waals surface area contributed by atoms with Crippen LogP contribution in [-0.4, -0.2) is 17.5 Å². The second-order valence-corrected chi connectivity index (χ2v) is 5.23. The van der Waals surface area contributed by atoms with E-state index in [1.165, 1.54) is 12.3 Å². The number of nitrogens with one attached hydrogen (secondary N) is 1. The van der Waals surface area contributed by atoms with E-state index in [4.69, 9.17) is 39.5 Å². The lowest BCUT2D eigenvalue weighted by Gasteiger charge is -2.12. The Morgan fingerprint density at radius 3 is 2.71 bits per heavy atom. The number of benzene rings is 1. The molecule has 0 saturated carbocycles. The Morgan fingerprint density at radius 1 is 1.29 bits per heavy atom. The summed E-state index contributed by atoms with van der Waals surface area (Å²) < 4.78 is 5.44. The van der Waals surface area contributed by atoms with Gasteiger partial charge in [0, 0.05) is 11.2 Å². The first-order chi connectivity index (χ1) is 10.0. The highest BCUT2D eigenvalue weighted by Gasteiger charge is 2.12. The van der Waals surface area contributed by atoms with Gasteiger partial charge in [-0.15, -0.1) is 0 Å². The maximum Gasteiger partial charge on any atom is 0.257 e. The zero-order valence-corrected chi connectivity index (χ0v) is 13.3. The van der Waals surface area contributed by atoms with Crippen LogP contribution in [0.1, 0.15) is 17.3 Å². The van der Waals surface area contributed by atoms with Gasteiger partial charge < -0.3 is 10.1 Å². The average molecular weight is 346 g/mol. The minimum absolute atomic E-state index is 0.144. The molecule has 110 valence electrons. The highest BCUT2D eigenvalue weighted by molar-refractivity contribution is 6.41. The standard InChI is InChI=1S/C14H11Cl3N2O2/c1-2-21-12-4-3-9(15)6-11(12)19-14(20)8-5-10(16)13(17)18-7-8/h3-7H,2H2,1H3,(H,19,20). The molecule has 1 aromatic heterocycles. The van der Waals surface area contributed by atoms with Crippen molar-refractivity contribution in [1.82, 2.24) is 4.98 Å². The van der Waals surface area contributed by atoms with Gasteiger partial charge in [-0.3, -0.25) is 4.79 Å². The third-order valence-corrected chi connectivity index (χ3v) is 3.47. The van der Waals surface area contributed by atoms with Crippen LogP contribution in [-0.2, 0) is 0 Å². The van der Waals surface area contributed by atoms with Gasteiger partial charge in [0.25, 0.3) is 5.91 Å². The van der Waals surface area contributed by atoms with E-state index in [1.54, 1.807) is 18.2 Å². The number of anilines is 1. The fraction of sp³-hybridized carbons (Fsp3) is 0.143. The Hall–Kier alpha value is -1.49. The summed E-state index contributed by atoms with van der Waals surface area (Å²) in [5.74, 6) is 0.146. The van der Waals surface area contributed by atoms with Gasteiger partial charge in [-0.25, -0.2) is 4.98 Å². The van der Waals surface area contributed by atoms with Gasteiger partial charge in [-0.05, 0) is 31.2 Å². The number of carbonyl (C=O) groups is 1. The molecule has 0 spiro atoms. The molecule has 2 aromatic rings. The zero-order valence-electron chi connectivity index (χ0n) is 11.0. The summed E-state index contributed by atoms with van der Waals surface area (Å²) in [7, 11) is 0. The van der Waals surface area contributed by atoms with Crippen LogP contribution in [0.15, 0.2) is 30.5 Å². The highest BCUT2D eigenvalue weighted by atomic mass is 35.5. The molecule has 4 nitrogen and oxygen atoms in total. The number of nitrogens with zero attached hydrogens (tertiary/aromatic N) is 1. The van der Waals surface area contributed by atoms with E-state index < -0.39 is 0 Å². The molecular formula is C14H11Cl3N2O2. The molecule has 21 heavy (non-hydrogen) atoms. The zero-order chi connectivity index (χ0) is 15.4. The van der Waals surface area contributed by atoms with E-state index in [0.717, 1.165) is 0 Å². The molecule has 0 saturated heterocycles. The largest absolute Gasteiger partial charge is 0.492 e. The molecule has 1 N–H and O–H groups in total. The second-order valence-electron chi connectivity index (χ2n) is 4.02. The molecule has 0 bridgehead atoms. The van der Waals surface area contributed by atoms with E-state index in [0.29, 0.717) is 23.1 Å². The van der Waals surface area contributed by atoms with Gasteiger partial charge >= 0.3 is 0 Å². The number of halogens is 3. The van der Waals surface area contributed by atoms with Gasteiger partial charge in [-0.1, -0.05) is 34.8 Å². The predicted molar refractivity (Wildman–Crippen MR) is 84.8 cm³/mol. The highest BCUT2D eigenvalue weighted by Crippen LogP contribution is 2.29.